The second-order valence-electron chi connectivity index (χ2n) is 3.50. The zero-order valence-electron chi connectivity index (χ0n) is 8.93. The van der Waals surface area contributed by atoms with E-state index in [-0.39, 0.29) is 17.5 Å². The van der Waals surface area contributed by atoms with Crippen LogP contribution in [0.15, 0.2) is 30.3 Å². The summed E-state index contributed by atoms with van der Waals surface area (Å²) in [6.45, 7) is 0. The number of Topliss-reactive ketones (excluding diaryl/α,β-unsaturated/α-hetero) is 2. The fraction of sp³-hybridized carbons (Fsp3) is 0.250. The van der Waals surface area contributed by atoms with Gasteiger partial charge in [0.05, 0.1) is 5.33 Å². The lowest BCUT2D eigenvalue weighted by Crippen LogP contribution is -2.27. The van der Waals surface area contributed by atoms with Gasteiger partial charge >= 0.3 is 5.97 Å². The molecule has 1 N–H and O–H groups in total. The molecule has 5 heteroatoms. The van der Waals surface area contributed by atoms with Gasteiger partial charge in [-0.05, 0) is 0 Å². The molecule has 1 unspecified atom stereocenters. The van der Waals surface area contributed by atoms with Crippen molar-refractivity contribution >= 4 is 33.5 Å². The predicted octanol–water partition coefficient (Wildman–Crippen LogP) is 1.92. The summed E-state index contributed by atoms with van der Waals surface area (Å²) in [5, 5.41) is 9.02. The lowest BCUT2D eigenvalue weighted by molar-refractivity contribution is -0.141. The highest BCUT2D eigenvalue weighted by atomic mass is 79.9. The van der Waals surface area contributed by atoms with Gasteiger partial charge in [0, 0.05) is 12.0 Å². The van der Waals surface area contributed by atoms with Crippen molar-refractivity contribution in [1.82, 2.24) is 0 Å². The summed E-state index contributed by atoms with van der Waals surface area (Å²) >= 11 is 2.94. The third-order valence-corrected chi connectivity index (χ3v) is 2.88. The first-order valence-electron chi connectivity index (χ1n) is 4.96. The molecule has 1 atom stereocenters. The molecule has 4 nitrogen and oxygen atoms in total. The van der Waals surface area contributed by atoms with Crippen LogP contribution in [0.3, 0.4) is 0 Å². The normalized spacial score (nSPS) is 11.8. The minimum Gasteiger partial charge on any atom is -0.481 e. The van der Waals surface area contributed by atoms with Crippen molar-refractivity contribution < 1.29 is 19.5 Å². The van der Waals surface area contributed by atoms with E-state index in [1.165, 1.54) is 12.1 Å². The van der Waals surface area contributed by atoms with E-state index in [0.717, 1.165) is 0 Å². The maximum atomic E-state index is 11.9. The molecule has 0 aromatic heterocycles. The molecule has 0 aliphatic rings. The number of carboxylic acids is 1. The molecular weight excluding hydrogens is 288 g/mol. The van der Waals surface area contributed by atoms with Crippen LogP contribution in [-0.4, -0.2) is 28.0 Å². The minimum atomic E-state index is -1.30. The Hall–Kier alpha value is -1.49. The van der Waals surface area contributed by atoms with Crippen LogP contribution in [0.5, 0.6) is 0 Å². The molecule has 0 amide bonds. The van der Waals surface area contributed by atoms with Gasteiger partial charge in [0.25, 0.3) is 0 Å². The van der Waals surface area contributed by atoms with E-state index in [9.17, 15) is 14.4 Å². The molecule has 0 saturated carbocycles. The third-order valence-electron chi connectivity index (χ3n) is 2.25. The van der Waals surface area contributed by atoms with E-state index in [4.69, 9.17) is 5.11 Å². The number of rotatable bonds is 6. The molecule has 1 aromatic carbocycles. The van der Waals surface area contributed by atoms with Crippen molar-refractivity contribution in [2.24, 2.45) is 5.92 Å². The number of carboxylic acid groups (broad SMARTS) is 1. The SMILES string of the molecule is O=C(CBr)CC(C(=O)O)C(=O)c1ccccc1. The predicted molar refractivity (Wildman–Crippen MR) is 65.3 cm³/mol. The average Bonchev–Trinajstić information content (AvgIpc) is 2.35. The number of benzene rings is 1. The third kappa shape index (κ3) is 3.78. The number of aliphatic carboxylic acids is 1. The summed E-state index contributed by atoms with van der Waals surface area (Å²) in [7, 11) is 0. The second-order valence-corrected chi connectivity index (χ2v) is 4.06. The highest BCUT2D eigenvalue weighted by Crippen LogP contribution is 2.14. The largest absolute Gasteiger partial charge is 0.481 e. The van der Waals surface area contributed by atoms with Crippen LogP contribution in [0.2, 0.25) is 0 Å². The monoisotopic (exact) mass is 298 g/mol. The molecule has 0 aliphatic heterocycles. The van der Waals surface area contributed by atoms with E-state index in [1.807, 2.05) is 0 Å². The summed E-state index contributed by atoms with van der Waals surface area (Å²) < 4.78 is 0. The van der Waals surface area contributed by atoms with E-state index in [1.54, 1.807) is 18.2 Å². The Kier molecular flexibility index (Phi) is 5.03. The molecule has 1 aromatic rings. The van der Waals surface area contributed by atoms with Crippen molar-refractivity contribution in [3.8, 4) is 0 Å². The van der Waals surface area contributed by atoms with Gasteiger partial charge in [-0.15, -0.1) is 0 Å². The standard InChI is InChI=1S/C12H11BrO4/c13-7-9(14)6-10(12(16)17)11(15)8-4-2-1-3-5-8/h1-5,10H,6-7H2,(H,16,17). The number of ketones is 2. The van der Waals surface area contributed by atoms with Gasteiger partial charge in [-0.25, -0.2) is 0 Å². The molecule has 0 radical (unpaired) electrons. The molecule has 0 bridgehead atoms. The van der Waals surface area contributed by atoms with E-state index >= 15 is 0 Å². The number of carbonyl (C=O) groups excluding carboxylic acids is 2. The quantitative estimate of drug-likeness (QED) is 0.495. The maximum absolute atomic E-state index is 11.9. The Morgan fingerprint density at radius 1 is 1.18 bits per heavy atom. The first-order valence-corrected chi connectivity index (χ1v) is 6.08. The summed E-state index contributed by atoms with van der Waals surface area (Å²) in [6.07, 6.45) is -0.283. The summed E-state index contributed by atoms with van der Waals surface area (Å²) in [4.78, 5) is 34.1. The van der Waals surface area contributed by atoms with E-state index in [0.29, 0.717) is 5.56 Å². The van der Waals surface area contributed by atoms with Crippen LogP contribution in [0, 0.1) is 5.92 Å². The zero-order chi connectivity index (χ0) is 12.8. The van der Waals surface area contributed by atoms with Crippen molar-refractivity contribution in [3.05, 3.63) is 35.9 Å². The highest BCUT2D eigenvalue weighted by Gasteiger charge is 2.29. The Morgan fingerprint density at radius 2 is 1.76 bits per heavy atom. The van der Waals surface area contributed by atoms with Crippen molar-refractivity contribution in [2.75, 3.05) is 5.33 Å². The van der Waals surface area contributed by atoms with E-state index < -0.39 is 17.7 Å². The molecule has 0 aliphatic carbocycles. The van der Waals surface area contributed by atoms with Crippen LogP contribution in [0.1, 0.15) is 16.8 Å². The number of carbonyl (C=O) groups is 3. The highest BCUT2D eigenvalue weighted by molar-refractivity contribution is 9.09. The first-order chi connectivity index (χ1) is 8.06. The van der Waals surface area contributed by atoms with Crippen molar-refractivity contribution in [2.45, 2.75) is 6.42 Å². The van der Waals surface area contributed by atoms with Crippen LogP contribution in [0.4, 0.5) is 0 Å². The molecule has 90 valence electrons. The summed E-state index contributed by atoms with van der Waals surface area (Å²) in [5.74, 6) is -3.41. The number of halogens is 1. The Labute approximate surface area is 107 Å². The minimum absolute atomic E-state index is 0.0544. The zero-order valence-corrected chi connectivity index (χ0v) is 10.5. The number of hydrogen-bond acceptors (Lipinski definition) is 3. The van der Waals surface area contributed by atoms with Gasteiger partial charge in [-0.2, -0.15) is 0 Å². The molecule has 0 fully saturated rings. The molecule has 0 saturated heterocycles. The fourth-order valence-electron chi connectivity index (χ4n) is 1.38. The van der Waals surface area contributed by atoms with Crippen molar-refractivity contribution in [1.29, 1.82) is 0 Å². The van der Waals surface area contributed by atoms with Crippen molar-refractivity contribution in [3.63, 3.8) is 0 Å². The molecular formula is C12H11BrO4. The number of hydrogen-bond donors (Lipinski definition) is 1. The molecule has 1 rings (SSSR count). The van der Waals surface area contributed by atoms with Crippen LogP contribution in [-0.2, 0) is 9.59 Å². The average molecular weight is 299 g/mol. The summed E-state index contributed by atoms with van der Waals surface area (Å²) in [6, 6.07) is 8.11. The molecule has 0 spiro atoms. The topological polar surface area (TPSA) is 71.4 Å². The van der Waals surface area contributed by atoms with Crippen LogP contribution >= 0.6 is 15.9 Å². The summed E-state index contributed by atoms with van der Waals surface area (Å²) in [5.41, 5.74) is 0.308. The van der Waals surface area contributed by atoms with Gasteiger partial charge in [-0.1, -0.05) is 46.3 Å². The Morgan fingerprint density at radius 3 is 2.24 bits per heavy atom. The smallest absolute Gasteiger partial charge is 0.314 e. The molecule has 0 heterocycles. The van der Waals surface area contributed by atoms with E-state index in [2.05, 4.69) is 15.9 Å². The Balaban J connectivity index is 2.89. The van der Waals surface area contributed by atoms with Gasteiger partial charge in [0.1, 0.15) is 11.7 Å². The molecule has 17 heavy (non-hydrogen) atoms. The van der Waals surface area contributed by atoms with Gasteiger partial charge in [0.2, 0.25) is 0 Å². The lowest BCUT2D eigenvalue weighted by Gasteiger charge is -2.09. The fourth-order valence-corrected chi connectivity index (χ4v) is 1.61. The second kappa shape index (κ2) is 6.30. The first kappa shape index (κ1) is 13.6. The Bertz CT molecular complexity index is 427. The van der Waals surface area contributed by atoms with Gasteiger partial charge in [-0.3, -0.25) is 14.4 Å². The van der Waals surface area contributed by atoms with Gasteiger partial charge in [0.15, 0.2) is 5.78 Å². The van der Waals surface area contributed by atoms with Crippen LogP contribution < -0.4 is 0 Å². The number of alkyl halides is 1. The van der Waals surface area contributed by atoms with Gasteiger partial charge < -0.3 is 5.11 Å². The maximum Gasteiger partial charge on any atom is 0.314 e. The lowest BCUT2D eigenvalue weighted by atomic mass is 9.93. The van der Waals surface area contributed by atoms with Crippen LogP contribution in [0.25, 0.3) is 0 Å².